The smallest absolute Gasteiger partial charge is 0.0548 e. The number of hydrogen-bond acceptors (Lipinski definition) is 1. The highest BCUT2D eigenvalue weighted by molar-refractivity contribution is 7.26. The largest absolute Gasteiger partial charge is 0.309 e. The molecular formula is C38H23NS. The van der Waals surface area contributed by atoms with E-state index in [9.17, 15) is 0 Å². The van der Waals surface area contributed by atoms with E-state index in [-0.39, 0.29) is 0 Å². The van der Waals surface area contributed by atoms with Crippen LogP contribution >= 0.6 is 11.3 Å². The maximum atomic E-state index is 2.47. The first-order chi connectivity index (χ1) is 19.8. The van der Waals surface area contributed by atoms with Crippen LogP contribution in [0.25, 0.3) is 80.3 Å². The van der Waals surface area contributed by atoms with Gasteiger partial charge in [-0.05, 0) is 69.1 Å². The van der Waals surface area contributed by atoms with Crippen molar-refractivity contribution in [2.45, 2.75) is 0 Å². The van der Waals surface area contributed by atoms with Crippen molar-refractivity contribution >= 4 is 74.9 Å². The Kier molecular flexibility index (Phi) is 4.55. The third-order valence-electron chi connectivity index (χ3n) is 8.35. The summed E-state index contributed by atoms with van der Waals surface area (Å²) in [4.78, 5) is 0. The molecule has 40 heavy (non-hydrogen) atoms. The Morgan fingerprint density at radius 2 is 1.10 bits per heavy atom. The van der Waals surface area contributed by atoms with Crippen LogP contribution in [0.3, 0.4) is 0 Å². The van der Waals surface area contributed by atoms with Crippen molar-refractivity contribution in [2.75, 3.05) is 0 Å². The van der Waals surface area contributed by atoms with Crippen LogP contribution < -0.4 is 0 Å². The van der Waals surface area contributed by atoms with E-state index in [1.807, 2.05) is 11.3 Å². The maximum absolute atomic E-state index is 2.47. The van der Waals surface area contributed by atoms with Gasteiger partial charge in [-0.1, -0.05) is 103 Å². The van der Waals surface area contributed by atoms with Crippen LogP contribution in [0.2, 0.25) is 0 Å². The van der Waals surface area contributed by atoms with Gasteiger partial charge in [0, 0.05) is 36.6 Å². The first-order valence-electron chi connectivity index (χ1n) is 13.7. The molecule has 2 aromatic heterocycles. The molecule has 9 rings (SSSR count). The first kappa shape index (κ1) is 22.0. The molecule has 7 aromatic carbocycles. The lowest BCUT2D eigenvalue weighted by atomic mass is 10.0. The summed E-state index contributed by atoms with van der Waals surface area (Å²) >= 11 is 1.90. The maximum Gasteiger partial charge on any atom is 0.0548 e. The first-order valence-corrected chi connectivity index (χ1v) is 14.5. The molecule has 0 amide bonds. The van der Waals surface area contributed by atoms with Crippen molar-refractivity contribution in [1.82, 2.24) is 4.57 Å². The predicted molar refractivity (Wildman–Crippen MR) is 174 cm³/mol. The molecule has 0 aliphatic carbocycles. The molecule has 1 nitrogen and oxygen atoms in total. The van der Waals surface area contributed by atoms with Gasteiger partial charge >= 0.3 is 0 Å². The average molecular weight is 526 g/mol. The summed E-state index contributed by atoms with van der Waals surface area (Å²) in [6.45, 7) is 0. The minimum atomic E-state index is 1.18. The van der Waals surface area contributed by atoms with E-state index in [1.54, 1.807) is 0 Å². The van der Waals surface area contributed by atoms with Gasteiger partial charge in [-0.3, -0.25) is 0 Å². The van der Waals surface area contributed by atoms with Crippen molar-refractivity contribution in [2.24, 2.45) is 0 Å². The monoisotopic (exact) mass is 525 g/mol. The topological polar surface area (TPSA) is 4.93 Å². The highest BCUT2D eigenvalue weighted by Gasteiger charge is 2.18. The fraction of sp³-hybridized carbons (Fsp3) is 0. The van der Waals surface area contributed by atoms with E-state index in [2.05, 4.69) is 144 Å². The minimum Gasteiger partial charge on any atom is -0.309 e. The van der Waals surface area contributed by atoms with Crippen molar-refractivity contribution in [3.05, 3.63) is 140 Å². The van der Waals surface area contributed by atoms with Crippen LogP contribution in [0.4, 0.5) is 0 Å². The van der Waals surface area contributed by atoms with Gasteiger partial charge in [0.05, 0.1) is 11.0 Å². The van der Waals surface area contributed by atoms with Gasteiger partial charge in [-0.15, -0.1) is 11.3 Å². The van der Waals surface area contributed by atoms with E-state index in [0.717, 1.165) is 0 Å². The lowest BCUT2D eigenvalue weighted by Crippen LogP contribution is -1.94. The molecule has 0 saturated heterocycles. The summed E-state index contributed by atoms with van der Waals surface area (Å²) in [7, 11) is 0. The van der Waals surface area contributed by atoms with Gasteiger partial charge in [-0.25, -0.2) is 0 Å². The van der Waals surface area contributed by atoms with Crippen LogP contribution in [-0.2, 0) is 0 Å². The molecule has 0 spiro atoms. The molecule has 0 fully saturated rings. The fourth-order valence-electron chi connectivity index (χ4n) is 6.56. The Balaban J connectivity index is 1.46. The molecule has 186 valence electrons. The van der Waals surface area contributed by atoms with Crippen LogP contribution in [-0.4, -0.2) is 4.57 Å². The van der Waals surface area contributed by atoms with Crippen molar-refractivity contribution in [1.29, 1.82) is 0 Å². The van der Waals surface area contributed by atoms with E-state index in [4.69, 9.17) is 0 Å². The summed E-state index contributed by atoms with van der Waals surface area (Å²) in [5, 5.41) is 10.5. The third kappa shape index (κ3) is 3.08. The van der Waals surface area contributed by atoms with E-state index in [1.165, 1.54) is 80.3 Å². The van der Waals surface area contributed by atoms with Crippen LogP contribution in [0.1, 0.15) is 0 Å². The molecule has 0 N–H and O–H groups in total. The number of nitrogens with zero attached hydrogens (tertiary/aromatic N) is 1. The molecule has 2 heterocycles. The summed E-state index contributed by atoms with van der Waals surface area (Å²) < 4.78 is 5.15. The van der Waals surface area contributed by atoms with Crippen molar-refractivity contribution in [3.8, 4) is 16.8 Å². The molecule has 0 radical (unpaired) electrons. The predicted octanol–water partition coefficient (Wildman–Crippen LogP) is 11.1. The van der Waals surface area contributed by atoms with Gasteiger partial charge in [0.25, 0.3) is 0 Å². The van der Waals surface area contributed by atoms with Crippen LogP contribution in [0.15, 0.2) is 140 Å². The van der Waals surface area contributed by atoms with Gasteiger partial charge in [0.1, 0.15) is 0 Å². The fourth-order valence-corrected chi connectivity index (χ4v) is 7.70. The lowest BCUT2D eigenvalue weighted by molar-refractivity contribution is 1.18. The summed E-state index contributed by atoms with van der Waals surface area (Å²) in [5.41, 5.74) is 6.12. The highest BCUT2D eigenvalue weighted by Crippen LogP contribution is 2.44. The van der Waals surface area contributed by atoms with Crippen LogP contribution in [0, 0.1) is 0 Å². The van der Waals surface area contributed by atoms with Crippen molar-refractivity contribution < 1.29 is 0 Å². The van der Waals surface area contributed by atoms with E-state index < -0.39 is 0 Å². The summed E-state index contributed by atoms with van der Waals surface area (Å²) in [5.74, 6) is 0. The molecule has 9 aromatic rings. The molecule has 0 saturated carbocycles. The van der Waals surface area contributed by atoms with Gasteiger partial charge in [-0.2, -0.15) is 0 Å². The third-order valence-corrected chi connectivity index (χ3v) is 9.47. The second kappa shape index (κ2) is 8.29. The zero-order valence-electron chi connectivity index (χ0n) is 21.6. The molecular weight excluding hydrogens is 502 g/mol. The number of aromatic nitrogens is 1. The Morgan fingerprint density at radius 1 is 0.400 bits per heavy atom. The molecule has 0 atom stereocenters. The molecule has 2 heteroatoms. The van der Waals surface area contributed by atoms with E-state index in [0.29, 0.717) is 0 Å². The lowest BCUT2D eigenvalue weighted by Gasteiger charge is -2.11. The van der Waals surface area contributed by atoms with Crippen LogP contribution in [0.5, 0.6) is 0 Å². The Bertz CT molecular complexity index is 2420. The van der Waals surface area contributed by atoms with Gasteiger partial charge in [0.15, 0.2) is 0 Å². The number of fused-ring (bicyclic) bond motifs is 10. The van der Waals surface area contributed by atoms with E-state index >= 15 is 0 Å². The number of thiophene rings is 1. The average Bonchev–Trinajstić information content (AvgIpc) is 3.55. The SMILES string of the molecule is c1ccc(-c2cccc(-n3c4cc5c(cc4c4c6ccccc6ccc43)sc3ccc4ccccc4c35)c2)cc1. The second-order valence-corrected chi connectivity index (χ2v) is 11.6. The Hall–Kier alpha value is -4.92. The minimum absolute atomic E-state index is 1.18. The Labute approximate surface area is 235 Å². The molecule has 0 bridgehead atoms. The number of hydrogen-bond donors (Lipinski definition) is 0. The quantitative estimate of drug-likeness (QED) is 0.211. The molecule has 0 aliphatic heterocycles. The summed E-state index contributed by atoms with van der Waals surface area (Å²) in [6.07, 6.45) is 0. The normalized spacial score (nSPS) is 12.0. The number of rotatable bonds is 2. The standard InChI is InChI=1S/C38H23NS/c1-2-9-24(10-3-1)27-13-8-14-28(21-27)39-33-19-17-25-11-4-6-15-29(25)37(33)31-23-36-32(22-34(31)39)38-30-16-7-5-12-26(30)18-20-35(38)40-36/h1-23H. The highest BCUT2D eigenvalue weighted by atomic mass is 32.1. The number of benzene rings is 7. The zero-order valence-corrected chi connectivity index (χ0v) is 22.5. The second-order valence-electron chi connectivity index (χ2n) is 10.6. The van der Waals surface area contributed by atoms with Crippen molar-refractivity contribution in [3.63, 3.8) is 0 Å². The van der Waals surface area contributed by atoms with Gasteiger partial charge in [0.2, 0.25) is 0 Å². The Morgan fingerprint density at radius 3 is 1.93 bits per heavy atom. The summed E-state index contributed by atoms with van der Waals surface area (Å²) in [6, 6.07) is 51.2. The molecule has 0 unspecified atom stereocenters. The molecule has 0 aliphatic rings. The zero-order chi connectivity index (χ0) is 26.2. The van der Waals surface area contributed by atoms with Gasteiger partial charge < -0.3 is 4.57 Å².